The van der Waals surface area contributed by atoms with Gasteiger partial charge in [-0.25, -0.2) is 0 Å². The number of fused-ring (bicyclic) bond motifs is 1. The largest absolute Gasteiger partial charge is 0.313 e. The van der Waals surface area contributed by atoms with E-state index in [1.807, 2.05) is 0 Å². The number of hydrogen-bond donors (Lipinski definition) is 1. The summed E-state index contributed by atoms with van der Waals surface area (Å²) in [5.41, 5.74) is 0. The Morgan fingerprint density at radius 3 is 2.88 bits per heavy atom. The minimum Gasteiger partial charge on any atom is -0.313 e. The Labute approximate surface area is 99.2 Å². The molecule has 3 fully saturated rings. The molecule has 1 N–H and O–H groups in total. The zero-order chi connectivity index (χ0) is 10.8. The molecule has 2 unspecified atom stereocenters. The quantitative estimate of drug-likeness (QED) is 0.751. The molecule has 3 aliphatic rings. The Balaban J connectivity index is 1.50. The number of hydrogen-bond acceptors (Lipinski definition) is 3. The summed E-state index contributed by atoms with van der Waals surface area (Å²) in [6.45, 7) is 7.85. The van der Waals surface area contributed by atoms with Crippen LogP contribution in [-0.2, 0) is 0 Å². The molecular weight excluding hydrogens is 198 g/mol. The van der Waals surface area contributed by atoms with E-state index in [1.165, 1.54) is 71.4 Å². The summed E-state index contributed by atoms with van der Waals surface area (Å²) in [7, 11) is 0. The van der Waals surface area contributed by atoms with Crippen molar-refractivity contribution in [3.05, 3.63) is 0 Å². The molecule has 0 aliphatic carbocycles. The van der Waals surface area contributed by atoms with E-state index in [2.05, 4.69) is 15.1 Å². The number of piperidine rings is 1. The molecule has 2 atom stereocenters. The van der Waals surface area contributed by atoms with E-state index >= 15 is 0 Å². The molecule has 0 amide bonds. The Hall–Kier alpha value is -0.120. The van der Waals surface area contributed by atoms with Crippen molar-refractivity contribution in [2.75, 3.05) is 39.3 Å². The first-order valence-electron chi connectivity index (χ1n) is 7.11. The Morgan fingerprint density at radius 1 is 1.00 bits per heavy atom. The second kappa shape index (κ2) is 5.03. The van der Waals surface area contributed by atoms with Crippen LogP contribution in [0.5, 0.6) is 0 Å². The maximum atomic E-state index is 3.62. The molecular formula is C13H25N3. The van der Waals surface area contributed by atoms with Gasteiger partial charge in [-0.3, -0.25) is 9.80 Å². The lowest BCUT2D eigenvalue weighted by Crippen LogP contribution is -2.56. The fourth-order valence-corrected chi connectivity index (χ4v) is 3.61. The highest BCUT2D eigenvalue weighted by Gasteiger charge is 2.30. The van der Waals surface area contributed by atoms with Gasteiger partial charge in [0.2, 0.25) is 0 Å². The lowest BCUT2D eigenvalue weighted by atomic mass is 9.99. The van der Waals surface area contributed by atoms with Crippen LogP contribution >= 0.6 is 0 Å². The summed E-state index contributed by atoms with van der Waals surface area (Å²) in [6, 6.07) is 1.67. The van der Waals surface area contributed by atoms with Crippen molar-refractivity contribution in [1.82, 2.24) is 15.1 Å². The van der Waals surface area contributed by atoms with E-state index < -0.39 is 0 Å². The van der Waals surface area contributed by atoms with Crippen LogP contribution in [0.15, 0.2) is 0 Å². The van der Waals surface area contributed by atoms with E-state index in [1.54, 1.807) is 0 Å². The van der Waals surface area contributed by atoms with Gasteiger partial charge >= 0.3 is 0 Å². The Kier molecular flexibility index (Phi) is 3.46. The maximum absolute atomic E-state index is 3.62. The van der Waals surface area contributed by atoms with Crippen LogP contribution in [0, 0.1) is 0 Å². The third-order valence-corrected chi connectivity index (χ3v) is 4.56. The summed E-state index contributed by atoms with van der Waals surface area (Å²) < 4.78 is 0. The topological polar surface area (TPSA) is 18.5 Å². The van der Waals surface area contributed by atoms with Crippen LogP contribution in [0.1, 0.15) is 32.1 Å². The maximum Gasteiger partial charge on any atom is 0.0223 e. The zero-order valence-corrected chi connectivity index (χ0v) is 10.3. The Bertz CT molecular complexity index is 225. The first-order valence-corrected chi connectivity index (χ1v) is 7.11. The molecule has 3 heterocycles. The second-order valence-corrected chi connectivity index (χ2v) is 5.74. The molecule has 3 heteroatoms. The van der Waals surface area contributed by atoms with Crippen molar-refractivity contribution in [2.24, 2.45) is 0 Å². The van der Waals surface area contributed by atoms with Gasteiger partial charge in [0.05, 0.1) is 0 Å². The highest BCUT2D eigenvalue weighted by atomic mass is 15.3. The number of nitrogens with zero attached hydrogens (tertiary/aromatic N) is 2. The van der Waals surface area contributed by atoms with E-state index in [9.17, 15) is 0 Å². The van der Waals surface area contributed by atoms with Gasteiger partial charge in [-0.1, -0.05) is 6.42 Å². The average Bonchev–Trinajstić information content (AvgIpc) is 2.82. The van der Waals surface area contributed by atoms with Crippen LogP contribution in [-0.4, -0.2) is 61.2 Å². The van der Waals surface area contributed by atoms with Gasteiger partial charge in [-0.15, -0.1) is 0 Å². The van der Waals surface area contributed by atoms with Crippen molar-refractivity contribution in [2.45, 2.75) is 44.2 Å². The molecule has 16 heavy (non-hydrogen) atoms. The van der Waals surface area contributed by atoms with Gasteiger partial charge in [0, 0.05) is 38.3 Å². The molecule has 0 aromatic rings. The predicted octanol–water partition coefficient (Wildman–Crippen LogP) is 0.908. The number of rotatable bonds is 2. The van der Waals surface area contributed by atoms with Crippen molar-refractivity contribution in [3.8, 4) is 0 Å². The molecule has 3 aliphatic heterocycles. The van der Waals surface area contributed by atoms with E-state index in [-0.39, 0.29) is 0 Å². The van der Waals surface area contributed by atoms with Crippen LogP contribution in [0.25, 0.3) is 0 Å². The van der Waals surface area contributed by atoms with Gasteiger partial charge in [0.25, 0.3) is 0 Å². The molecule has 0 saturated carbocycles. The van der Waals surface area contributed by atoms with Gasteiger partial charge in [0.1, 0.15) is 0 Å². The van der Waals surface area contributed by atoms with Gasteiger partial charge < -0.3 is 5.32 Å². The van der Waals surface area contributed by atoms with E-state index in [4.69, 9.17) is 0 Å². The summed E-state index contributed by atoms with van der Waals surface area (Å²) in [5, 5.41) is 3.62. The average molecular weight is 223 g/mol. The van der Waals surface area contributed by atoms with Gasteiger partial charge in [-0.2, -0.15) is 0 Å². The van der Waals surface area contributed by atoms with E-state index in [0.29, 0.717) is 0 Å². The minimum atomic E-state index is 0.787. The predicted molar refractivity (Wildman–Crippen MR) is 66.7 cm³/mol. The summed E-state index contributed by atoms with van der Waals surface area (Å²) in [4.78, 5) is 5.43. The normalized spacial score (nSPS) is 37.5. The monoisotopic (exact) mass is 223 g/mol. The summed E-state index contributed by atoms with van der Waals surface area (Å²) in [5.74, 6) is 0. The highest BCUT2D eigenvalue weighted by molar-refractivity contribution is 4.87. The van der Waals surface area contributed by atoms with Crippen molar-refractivity contribution in [1.29, 1.82) is 0 Å². The third kappa shape index (κ3) is 2.41. The standard InChI is InChI=1S/C13H25N3/c1-2-7-16-9-8-15(11-13(16)5-1)10-12-4-3-6-14-12/h12-14H,1-11H2. The van der Waals surface area contributed by atoms with Crippen LogP contribution in [0.3, 0.4) is 0 Å². The van der Waals surface area contributed by atoms with Gasteiger partial charge in [0.15, 0.2) is 0 Å². The van der Waals surface area contributed by atoms with Gasteiger partial charge in [-0.05, 0) is 38.8 Å². The molecule has 0 bridgehead atoms. The highest BCUT2D eigenvalue weighted by Crippen LogP contribution is 2.21. The molecule has 3 saturated heterocycles. The molecule has 0 spiro atoms. The van der Waals surface area contributed by atoms with E-state index in [0.717, 1.165) is 12.1 Å². The fourth-order valence-electron chi connectivity index (χ4n) is 3.61. The van der Waals surface area contributed by atoms with Crippen molar-refractivity contribution >= 4 is 0 Å². The molecule has 0 radical (unpaired) electrons. The third-order valence-electron chi connectivity index (χ3n) is 4.56. The summed E-state index contributed by atoms with van der Waals surface area (Å²) >= 11 is 0. The van der Waals surface area contributed by atoms with Crippen LogP contribution < -0.4 is 5.32 Å². The lowest BCUT2D eigenvalue weighted by Gasteiger charge is -2.44. The number of nitrogens with one attached hydrogen (secondary N) is 1. The smallest absolute Gasteiger partial charge is 0.0223 e. The minimum absolute atomic E-state index is 0.787. The first-order chi connectivity index (χ1) is 7.92. The van der Waals surface area contributed by atoms with Crippen LogP contribution in [0.4, 0.5) is 0 Å². The fraction of sp³-hybridized carbons (Fsp3) is 1.00. The van der Waals surface area contributed by atoms with Crippen molar-refractivity contribution in [3.63, 3.8) is 0 Å². The molecule has 0 aromatic heterocycles. The molecule has 3 rings (SSSR count). The van der Waals surface area contributed by atoms with Crippen molar-refractivity contribution < 1.29 is 0 Å². The van der Waals surface area contributed by atoms with Crippen LogP contribution in [0.2, 0.25) is 0 Å². The zero-order valence-electron chi connectivity index (χ0n) is 10.3. The first kappa shape index (κ1) is 11.0. The number of piperazine rings is 1. The molecule has 92 valence electrons. The SMILES string of the molecule is C1CNC(CN2CCN3CCCCC3C2)C1. The Morgan fingerprint density at radius 2 is 2.00 bits per heavy atom. The second-order valence-electron chi connectivity index (χ2n) is 5.74. The lowest BCUT2D eigenvalue weighted by molar-refractivity contribution is 0.0458. The molecule has 3 nitrogen and oxygen atoms in total. The molecule has 0 aromatic carbocycles. The summed E-state index contributed by atoms with van der Waals surface area (Å²) in [6.07, 6.45) is 7.10.